The number of hydrogen-bond acceptors (Lipinski definition) is 4. The Hall–Kier alpha value is -2.72. The summed E-state index contributed by atoms with van der Waals surface area (Å²) in [4.78, 5) is 11.6. The van der Waals surface area contributed by atoms with E-state index < -0.39 is 13.1 Å². The van der Waals surface area contributed by atoms with Gasteiger partial charge in [0, 0.05) is 12.7 Å². The third-order valence-electron chi connectivity index (χ3n) is 3.74. The molecule has 6 nitrogen and oxygen atoms in total. The number of nitrogens with zero attached hydrogens (tertiary/aromatic N) is 2. The van der Waals surface area contributed by atoms with Gasteiger partial charge in [-0.25, -0.2) is 4.79 Å². The molecule has 1 aliphatic heterocycles. The summed E-state index contributed by atoms with van der Waals surface area (Å²) in [6.45, 7) is 0.254. The predicted octanol–water partition coefficient (Wildman–Crippen LogP) is 1.52. The van der Waals surface area contributed by atoms with Gasteiger partial charge in [0.2, 0.25) is 0 Å². The van der Waals surface area contributed by atoms with Gasteiger partial charge in [-0.15, -0.1) is 0 Å². The smallest absolute Gasteiger partial charge is 0.522 e. The summed E-state index contributed by atoms with van der Waals surface area (Å²) in [7, 11) is -0.984. The number of aromatic nitrogens is 1. The lowest BCUT2D eigenvalue weighted by Gasteiger charge is -2.23. The first kappa shape index (κ1) is 14.2. The zero-order valence-electron chi connectivity index (χ0n) is 11.7. The van der Waals surface area contributed by atoms with Crippen LogP contribution in [0.1, 0.15) is 27.2 Å². The molecule has 2 N–H and O–H groups in total. The monoisotopic (exact) mass is 296 g/mol. The van der Waals surface area contributed by atoms with Gasteiger partial charge in [-0.2, -0.15) is 5.26 Å². The van der Waals surface area contributed by atoms with Gasteiger partial charge in [0.1, 0.15) is 23.1 Å². The van der Waals surface area contributed by atoms with Crippen LogP contribution in [0, 0.1) is 11.3 Å². The van der Waals surface area contributed by atoms with Crippen molar-refractivity contribution in [2.24, 2.45) is 0 Å². The molecule has 2 heterocycles. The summed E-state index contributed by atoms with van der Waals surface area (Å²) in [6, 6.07) is 9.02. The molecule has 0 spiro atoms. The first-order valence-electron chi connectivity index (χ1n) is 6.88. The molecule has 22 heavy (non-hydrogen) atoms. The molecule has 0 fully saturated rings. The number of carboxylic acids is 1. The van der Waals surface area contributed by atoms with Crippen LogP contribution in [-0.4, -0.2) is 27.8 Å². The van der Waals surface area contributed by atoms with E-state index in [2.05, 4.69) is 6.07 Å². The van der Waals surface area contributed by atoms with Crippen molar-refractivity contribution in [3.05, 3.63) is 52.8 Å². The molecule has 0 saturated carbocycles. The van der Waals surface area contributed by atoms with E-state index in [0.717, 1.165) is 5.56 Å². The molecular weight excluding hydrogens is 283 g/mol. The van der Waals surface area contributed by atoms with Crippen molar-refractivity contribution in [1.82, 2.24) is 4.57 Å². The third kappa shape index (κ3) is 2.45. The van der Waals surface area contributed by atoms with Crippen LogP contribution in [0.25, 0.3) is 0 Å². The SMILES string of the molecule is N#Cc1cccn1Cc1ccc2c(c1C(=O)O)OB(O)CC2. The Balaban J connectivity index is 2.07. The highest BCUT2D eigenvalue weighted by Gasteiger charge is 2.29. The lowest BCUT2D eigenvalue weighted by atomic mass is 9.78. The topological polar surface area (TPSA) is 95.5 Å². The van der Waals surface area contributed by atoms with Gasteiger partial charge in [-0.3, -0.25) is 0 Å². The standard InChI is InChI=1S/C15H13BN2O4/c17-8-12-2-1-7-18(12)9-11-4-3-10-5-6-16(21)22-14(10)13(11)15(19)20/h1-4,7,21H,5-6,9H2,(H,19,20). The number of carboxylic acid groups (broad SMARTS) is 1. The van der Waals surface area contributed by atoms with Gasteiger partial charge in [-0.1, -0.05) is 12.1 Å². The summed E-state index contributed by atoms with van der Waals surface area (Å²) in [5.41, 5.74) is 1.82. The number of aryl methyl sites for hydroxylation is 1. The average Bonchev–Trinajstić information content (AvgIpc) is 2.93. The van der Waals surface area contributed by atoms with Gasteiger partial charge in [0.05, 0.1) is 0 Å². The Kier molecular flexibility index (Phi) is 3.61. The maximum atomic E-state index is 11.6. The first-order valence-corrected chi connectivity index (χ1v) is 6.88. The highest BCUT2D eigenvalue weighted by atomic mass is 16.5. The Morgan fingerprint density at radius 2 is 2.27 bits per heavy atom. The molecule has 1 aromatic carbocycles. The lowest BCUT2D eigenvalue weighted by Crippen LogP contribution is -2.28. The zero-order chi connectivity index (χ0) is 15.7. The highest BCUT2D eigenvalue weighted by Crippen LogP contribution is 2.33. The lowest BCUT2D eigenvalue weighted by molar-refractivity contribution is 0.0693. The van der Waals surface area contributed by atoms with Crippen LogP contribution in [0.15, 0.2) is 30.5 Å². The summed E-state index contributed by atoms with van der Waals surface area (Å²) in [5.74, 6) is -0.874. The van der Waals surface area contributed by atoms with E-state index in [-0.39, 0.29) is 17.9 Å². The zero-order valence-corrected chi connectivity index (χ0v) is 11.7. The minimum absolute atomic E-state index is 0.0499. The second-order valence-corrected chi connectivity index (χ2v) is 5.14. The van der Waals surface area contributed by atoms with Crippen molar-refractivity contribution in [3.8, 4) is 11.8 Å². The molecular formula is C15H13BN2O4. The number of aromatic carboxylic acids is 1. The summed E-state index contributed by atoms with van der Waals surface area (Å²) in [5, 5.41) is 28.2. The van der Waals surface area contributed by atoms with Crippen LogP contribution in [-0.2, 0) is 13.0 Å². The maximum Gasteiger partial charge on any atom is 0.522 e. The molecule has 0 bridgehead atoms. The Morgan fingerprint density at radius 1 is 1.45 bits per heavy atom. The van der Waals surface area contributed by atoms with Gasteiger partial charge < -0.3 is 19.4 Å². The van der Waals surface area contributed by atoms with Crippen LogP contribution in [0.3, 0.4) is 0 Å². The van der Waals surface area contributed by atoms with E-state index in [9.17, 15) is 14.9 Å². The fourth-order valence-electron chi connectivity index (χ4n) is 2.68. The largest absolute Gasteiger partial charge is 0.535 e. The molecule has 1 aliphatic rings. The number of nitriles is 1. The van der Waals surface area contributed by atoms with Crippen molar-refractivity contribution >= 4 is 13.1 Å². The maximum absolute atomic E-state index is 11.6. The van der Waals surface area contributed by atoms with E-state index in [1.165, 1.54) is 0 Å². The van der Waals surface area contributed by atoms with Gasteiger partial charge in [0.25, 0.3) is 0 Å². The summed E-state index contributed by atoms with van der Waals surface area (Å²) < 4.78 is 7.02. The molecule has 0 aliphatic carbocycles. The molecule has 0 radical (unpaired) electrons. The number of hydrogen-bond donors (Lipinski definition) is 2. The predicted molar refractivity (Wildman–Crippen MR) is 78.8 cm³/mol. The molecule has 2 aromatic rings. The normalized spacial score (nSPS) is 13.2. The molecule has 7 heteroatoms. The summed E-state index contributed by atoms with van der Waals surface area (Å²) in [6.07, 6.45) is 2.74. The second kappa shape index (κ2) is 5.58. The molecule has 3 rings (SSSR count). The number of carbonyl (C=O) groups is 1. The minimum atomic E-state index is -1.10. The van der Waals surface area contributed by atoms with Crippen LogP contribution in [0.4, 0.5) is 0 Å². The van der Waals surface area contributed by atoms with Crippen LogP contribution in [0.5, 0.6) is 5.75 Å². The van der Waals surface area contributed by atoms with E-state index >= 15 is 0 Å². The van der Waals surface area contributed by atoms with Crippen LogP contribution < -0.4 is 4.65 Å². The van der Waals surface area contributed by atoms with E-state index in [4.69, 9.17) is 9.92 Å². The fourth-order valence-corrected chi connectivity index (χ4v) is 2.68. The molecule has 0 amide bonds. The molecule has 1 aromatic heterocycles. The Morgan fingerprint density at radius 3 is 3.00 bits per heavy atom. The Labute approximate surface area is 127 Å². The quantitative estimate of drug-likeness (QED) is 0.837. The third-order valence-corrected chi connectivity index (χ3v) is 3.74. The highest BCUT2D eigenvalue weighted by molar-refractivity contribution is 6.44. The Bertz CT molecular complexity index is 778. The van der Waals surface area contributed by atoms with Crippen LogP contribution >= 0.6 is 0 Å². The molecule has 0 saturated heterocycles. The first-order chi connectivity index (χ1) is 10.6. The average molecular weight is 296 g/mol. The molecule has 0 unspecified atom stereocenters. The van der Waals surface area contributed by atoms with Gasteiger partial charge in [0.15, 0.2) is 0 Å². The molecule has 110 valence electrons. The van der Waals surface area contributed by atoms with Crippen LogP contribution in [0.2, 0.25) is 6.32 Å². The van der Waals surface area contributed by atoms with E-state index in [0.29, 0.717) is 24.0 Å². The van der Waals surface area contributed by atoms with Crippen molar-refractivity contribution in [2.75, 3.05) is 0 Å². The van der Waals surface area contributed by atoms with Crippen molar-refractivity contribution in [1.29, 1.82) is 5.26 Å². The second-order valence-electron chi connectivity index (χ2n) is 5.14. The number of fused-ring (bicyclic) bond motifs is 1. The van der Waals surface area contributed by atoms with Gasteiger partial charge >= 0.3 is 13.1 Å². The van der Waals surface area contributed by atoms with Crippen molar-refractivity contribution < 1.29 is 19.6 Å². The van der Waals surface area contributed by atoms with E-state index in [1.807, 2.05) is 6.07 Å². The van der Waals surface area contributed by atoms with E-state index in [1.54, 1.807) is 29.0 Å². The van der Waals surface area contributed by atoms with Gasteiger partial charge in [-0.05, 0) is 36.0 Å². The number of rotatable bonds is 3. The van der Waals surface area contributed by atoms with Crippen molar-refractivity contribution in [2.45, 2.75) is 19.3 Å². The minimum Gasteiger partial charge on any atom is -0.535 e. The molecule has 0 atom stereocenters. The fraction of sp³-hybridized carbons (Fsp3) is 0.200. The summed E-state index contributed by atoms with van der Waals surface area (Å²) >= 11 is 0. The number of benzene rings is 1. The van der Waals surface area contributed by atoms with Crippen molar-refractivity contribution in [3.63, 3.8) is 0 Å².